The van der Waals surface area contributed by atoms with Crippen molar-refractivity contribution in [2.24, 2.45) is 0 Å². The number of carboxylic acids is 1. The van der Waals surface area contributed by atoms with Crippen molar-refractivity contribution in [3.8, 4) is 0 Å². The average molecular weight is 295 g/mol. The summed E-state index contributed by atoms with van der Waals surface area (Å²) >= 11 is 0. The van der Waals surface area contributed by atoms with E-state index < -0.39 is 31.1 Å². The molecule has 0 unspecified atom stereocenters. The minimum Gasteiger partial charge on any atom is -0.480 e. The minimum absolute atomic E-state index is 0.0480. The maximum Gasteiger partial charge on any atom is 0.406 e. The van der Waals surface area contributed by atoms with E-state index in [0.717, 1.165) is 0 Å². The molecule has 0 aliphatic heterocycles. The van der Waals surface area contributed by atoms with Crippen LogP contribution in [0.25, 0.3) is 0 Å². The molecule has 1 rings (SSSR count). The Balaban J connectivity index is 2.60. The molecular weight excluding hydrogens is 283 g/mol. The third-order valence-electron chi connectivity index (χ3n) is 2.17. The molecule has 0 atom stereocenters. The Morgan fingerprint density at radius 2 is 2.05 bits per heavy atom. The highest BCUT2D eigenvalue weighted by Crippen LogP contribution is 2.17. The van der Waals surface area contributed by atoms with Crippen molar-refractivity contribution < 1.29 is 32.4 Å². The quantitative estimate of drug-likeness (QED) is 0.833. The second kappa shape index (κ2) is 6.35. The molecule has 0 fully saturated rings. The first-order chi connectivity index (χ1) is 9.17. The number of carboxylic acid groups (broad SMARTS) is 1. The number of carbonyl (C=O) groups is 2. The lowest BCUT2D eigenvalue weighted by Gasteiger charge is -2.21. The van der Waals surface area contributed by atoms with Crippen LogP contribution >= 0.6 is 0 Å². The molecular formula is C10H12F3N3O4. The largest absolute Gasteiger partial charge is 0.480 e. The second-order valence-corrected chi connectivity index (χ2v) is 3.99. The van der Waals surface area contributed by atoms with Crippen LogP contribution in [0.1, 0.15) is 18.1 Å². The first-order valence-electron chi connectivity index (χ1n) is 5.53. The highest BCUT2D eigenvalue weighted by atomic mass is 19.4. The molecule has 1 aromatic heterocycles. The molecule has 7 nitrogen and oxygen atoms in total. The normalized spacial score (nSPS) is 11.4. The Kier molecular flexibility index (Phi) is 5.06. The average Bonchev–Trinajstić information content (AvgIpc) is 2.68. The fraction of sp³-hybridized carbons (Fsp3) is 0.600. The number of aryl methyl sites for hydroxylation is 2. The molecule has 1 aromatic rings. The number of hydrogen-bond donors (Lipinski definition) is 1. The standard InChI is InChI=1S/C10H12F3N3O4/c1-6-14-7(20-15-6)2-3-8(17)16(4-9(18)19)5-10(11,12)13/h2-5H2,1H3,(H,18,19). The van der Waals surface area contributed by atoms with Gasteiger partial charge in [0, 0.05) is 12.8 Å². The van der Waals surface area contributed by atoms with Gasteiger partial charge in [-0.3, -0.25) is 9.59 Å². The highest BCUT2D eigenvalue weighted by molar-refractivity contribution is 5.81. The summed E-state index contributed by atoms with van der Waals surface area (Å²) in [7, 11) is 0. The molecule has 0 aromatic carbocycles. The number of amides is 1. The molecule has 0 aliphatic rings. The Morgan fingerprint density at radius 3 is 2.50 bits per heavy atom. The van der Waals surface area contributed by atoms with Gasteiger partial charge in [-0.1, -0.05) is 5.16 Å². The van der Waals surface area contributed by atoms with Crippen molar-refractivity contribution in [1.82, 2.24) is 15.0 Å². The van der Waals surface area contributed by atoms with E-state index >= 15 is 0 Å². The van der Waals surface area contributed by atoms with Crippen molar-refractivity contribution in [1.29, 1.82) is 0 Å². The van der Waals surface area contributed by atoms with Gasteiger partial charge in [0.25, 0.3) is 0 Å². The molecule has 0 aliphatic carbocycles. The molecule has 1 N–H and O–H groups in total. The lowest BCUT2D eigenvalue weighted by molar-refractivity contribution is -0.165. The predicted octanol–water partition coefficient (Wildman–Crippen LogP) is 0.786. The molecule has 0 saturated carbocycles. The molecule has 0 bridgehead atoms. The lowest BCUT2D eigenvalue weighted by Crippen LogP contribution is -2.42. The van der Waals surface area contributed by atoms with E-state index in [4.69, 9.17) is 9.63 Å². The number of alkyl halides is 3. The molecule has 1 heterocycles. The summed E-state index contributed by atoms with van der Waals surface area (Å²) in [4.78, 5) is 26.1. The minimum atomic E-state index is -4.66. The highest BCUT2D eigenvalue weighted by Gasteiger charge is 2.33. The number of hydrogen-bond acceptors (Lipinski definition) is 5. The molecule has 0 saturated heterocycles. The fourth-order valence-corrected chi connectivity index (χ4v) is 1.43. The number of aliphatic carboxylic acids is 1. The van der Waals surface area contributed by atoms with E-state index in [0.29, 0.717) is 5.82 Å². The molecule has 10 heteroatoms. The number of halogens is 3. The zero-order chi connectivity index (χ0) is 15.3. The summed E-state index contributed by atoms with van der Waals surface area (Å²) < 4.78 is 41.5. The zero-order valence-corrected chi connectivity index (χ0v) is 10.5. The van der Waals surface area contributed by atoms with E-state index in [1.807, 2.05) is 0 Å². The Labute approximate surface area is 111 Å². The van der Waals surface area contributed by atoms with Crippen LogP contribution in [0, 0.1) is 6.92 Å². The van der Waals surface area contributed by atoms with Gasteiger partial charge in [0.05, 0.1) is 0 Å². The van der Waals surface area contributed by atoms with Gasteiger partial charge in [0.15, 0.2) is 5.82 Å². The maximum atomic E-state index is 12.3. The molecule has 1 amide bonds. The van der Waals surface area contributed by atoms with E-state index in [1.165, 1.54) is 0 Å². The topological polar surface area (TPSA) is 96.5 Å². The molecule has 0 radical (unpaired) electrons. The molecule has 112 valence electrons. The second-order valence-electron chi connectivity index (χ2n) is 3.99. The molecule has 20 heavy (non-hydrogen) atoms. The Hall–Kier alpha value is -2.13. The third-order valence-corrected chi connectivity index (χ3v) is 2.17. The number of carbonyl (C=O) groups excluding carboxylic acids is 1. The van der Waals surface area contributed by atoms with Crippen LogP contribution in [-0.4, -0.2) is 51.3 Å². The summed E-state index contributed by atoms with van der Waals surface area (Å²) in [5.41, 5.74) is 0. The summed E-state index contributed by atoms with van der Waals surface area (Å²) in [6.07, 6.45) is -5.05. The van der Waals surface area contributed by atoms with Crippen molar-refractivity contribution in [3.05, 3.63) is 11.7 Å². The van der Waals surface area contributed by atoms with Crippen molar-refractivity contribution >= 4 is 11.9 Å². The monoisotopic (exact) mass is 295 g/mol. The van der Waals surface area contributed by atoms with Crippen LogP contribution in [0.3, 0.4) is 0 Å². The first kappa shape index (κ1) is 15.9. The van der Waals surface area contributed by atoms with Gasteiger partial charge in [-0.25, -0.2) is 0 Å². The van der Waals surface area contributed by atoms with Gasteiger partial charge in [-0.05, 0) is 6.92 Å². The first-order valence-corrected chi connectivity index (χ1v) is 5.53. The van der Waals surface area contributed by atoms with Gasteiger partial charge in [-0.15, -0.1) is 0 Å². The summed E-state index contributed by atoms with van der Waals surface area (Å²) in [5, 5.41) is 12.0. The predicted molar refractivity (Wildman–Crippen MR) is 57.6 cm³/mol. The lowest BCUT2D eigenvalue weighted by atomic mass is 10.2. The van der Waals surface area contributed by atoms with Gasteiger partial charge >= 0.3 is 12.1 Å². The van der Waals surface area contributed by atoms with Gasteiger partial charge < -0.3 is 14.5 Å². The van der Waals surface area contributed by atoms with E-state index in [1.54, 1.807) is 6.92 Å². The third kappa shape index (κ3) is 5.67. The number of aromatic nitrogens is 2. The van der Waals surface area contributed by atoms with Gasteiger partial charge in [0.1, 0.15) is 13.1 Å². The van der Waals surface area contributed by atoms with Gasteiger partial charge in [0.2, 0.25) is 11.8 Å². The number of nitrogens with zero attached hydrogens (tertiary/aromatic N) is 3. The number of rotatable bonds is 6. The van der Waals surface area contributed by atoms with Crippen molar-refractivity contribution in [2.75, 3.05) is 13.1 Å². The smallest absolute Gasteiger partial charge is 0.406 e. The SMILES string of the molecule is Cc1noc(CCC(=O)N(CC(=O)O)CC(F)(F)F)n1. The van der Waals surface area contributed by atoms with E-state index in [9.17, 15) is 22.8 Å². The van der Waals surface area contributed by atoms with Gasteiger partial charge in [-0.2, -0.15) is 18.2 Å². The summed E-state index contributed by atoms with van der Waals surface area (Å²) in [6.45, 7) is -1.07. The van der Waals surface area contributed by atoms with Crippen molar-refractivity contribution in [2.45, 2.75) is 25.9 Å². The maximum absolute atomic E-state index is 12.3. The zero-order valence-electron chi connectivity index (χ0n) is 10.5. The van der Waals surface area contributed by atoms with Crippen LogP contribution in [0.15, 0.2) is 4.52 Å². The van der Waals surface area contributed by atoms with Crippen LogP contribution in [-0.2, 0) is 16.0 Å². The fourth-order valence-electron chi connectivity index (χ4n) is 1.43. The van der Waals surface area contributed by atoms with Crippen LogP contribution in [0.4, 0.5) is 13.2 Å². The van der Waals surface area contributed by atoms with Crippen LogP contribution < -0.4 is 0 Å². The van der Waals surface area contributed by atoms with E-state index in [-0.39, 0.29) is 23.6 Å². The van der Waals surface area contributed by atoms with Crippen LogP contribution in [0.2, 0.25) is 0 Å². The van der Waals surface area contributed by atoms with E-state index in [2.05, 4.69) is 10.1 Å². The van der Waals surface area contributed by atoms with Crippen molar-refractivity contribution in [3.63, 3.8) is 0 Å². The summed E-state index contributed by atoms with van der Waals surface area (Å²) in [5.74, 6) is -2.01. The Bertz CT molecular complexity index is 486. The summed E-state index contributed by atoms with van der Waals surface area (Å²) in [6, 6.07) is 0. The Morgan fingerprint density at radius 1 is 1.40 bits per heavy atom. The van der Waals surface area contributed by atoms with Crippen LogP contribution in [0.5, 0.6) is 0 Å². The molecule has 0 spiro atoms.